The van der Waals surface area contributed by atoms with Gasteiger partial charge >= 0.3 is 134 Å². The third-order valence-corrected chi connectivity index (χ3v) is 8.93. The Hall–Kier alpha value is 0.130. The average molecular weight is 448 g/mol. The van der Waals surface area contributed by atoms with Crippen LogP contribution in [0.5, 0.6) is 0 Å². The van der Waals surface area contributed by atoms with Gasteiger partial charge in [-0.2, -0.15) is 0 Å². The van der Waals surface area contributed by atoms with Gasteiger partial charge in [-0.15, -0.1) is 0 Å². The van der Waals surface area contributed by atoms with Gasteiger partial charge in [-0.3, -0.25) is 0 Å². The molecule has 100 valence electrons. The molecule has 2 aromatic rings. The van der Waals surface area contributed by atoms with Crippen molar-refractivity contribution < 1.29 is 0 Å². The summed E-state index contributed by atoms with van der Waals surface area (Å²) in [6, 6.07) is 19.1. The molecule has 0 aromatic heterocycles. The molecule has 0 bridgehead atoms. The molecule has 19 heavy (non-hydrogen) atoms. The van der Waals surface area contributed by atoms with Gasteiger partial charge in [0, 0.05) is 0 Å². The summed E-state index contributed by atoms with van der Waals surface area (Å²) in [5.74, 6) is 0. The van der Waals surface area contributed by atoms with E-state index in [1.54, 1.807) is 0 Å². The van der Waals surface area contributed by atoms with Gasteiger partial charge in [0.15, 0.2) is 0 Å². The molecule has 0 fully saturated rings. The molecule has 0 aliphatic heterocycles. The molecular formula is C14H10Cl4Te. The first kappa shape index (κ1) is 15.5. The molecule has 2 rings (SSSR count). The Labute approximate surface area is 133 Å². The van der Waals surface area contributed by atoms with Crippen molar-refractivity contribution >= 4 is 62.0 Å². The van der Waals surface area contributed by atoms with E-state index in [0.717, 1.165) is 11.1 Å². The van der Waals surface area contributed by atoms with Crippen LogP contribution in [0.1, 0.15) is 11.1 Å². The molecule has 0 N–H and O–H groups in total. The van der Waals surface area contributed by atoms with Crippen LogP contribution in [0.25, 0.3) is 8.65 Å². The molecule has 5 heteroatoms. The summed E-state index contributed by atoms with van der Waals surface area (Å²) in [6.07, 6.45) is 0. The quantitative estimate of drug-likeness (QED) is 0.401. The summed E-state index contributed by atoms with van der Waals surface area (Å²) in [5.41, 5.74) is 1.73. The van der Waals surface area contributed by atoms with Gasteiger partial charge in [0.05, 0.1) is 0 Å². The molecule has 0 amide bonds. The second-order valence-electron chi connectivity index (χ2n) is 3.78. The third-order valence-electron chi connectivity index (χ3n) is 2.49. The average Bonchev–Trinajstić information content (AvgIpc) is 2.39. The van der Waals surface area contributed by atoms with E-state index >= 15 is 0 Å². The molecule has 0 saturated carbocycles. The predicted molar refractivity (Wildman–Crippen MR) is 88.9 cm³/mol. The van der Waals surface area contributed by atoms with Crippen LogP contribution in [0.2, 0.25) is 0 Å². The standard InChI is InChI=1S/C14H10Cl4Te/c15-13(11-7-3-1-4-8-11)14(19(16,17)18)12-9-5-2-6-10-12/h1-10H. The van der Waals surface area contributed by atoms with Crippen LogP contribution >= 0.6 is 38.5 Å². The van der Waals surface area contributed by atoms with Gasteiger partial charge in [0.2, 0.25) is 0 Å². The third kappa shape index (κ3) is 4.05. The summed E-state index contributed by atoms with van der Waals surface area (Å²) < 4.78 is 0.668. The van der Waals surface area contributed by atoms with E-state index < -0.39 is 14.8 Å². The van der Waals surface area contributed by atoms with E-state index in [0.29, 0.717) is 8.65 Å². The maximum atomic E-state index is 6.47. The van der Waals surface area contributed by atoms with Crippen molar-refractivity contribution in [2.24, 2.45) is 0 Å². The first-order chi connectivity index (χ1) is 9.00. The minimum atomic E-state index is -3.67. The Bertz CT molecular complexity index is 573. The molecule has 0 aliphatic carbocycles. The van der Waals surface area contributed by atoms with Crippen LogP contribution in [0.15, 0.2) is 60.7 Å². The Morgan fingerprint density at radius 3 is 1.53 bits per heavy atom. The van der Waals surface area contributed by atoms with Crippen LogP contribution in [0.3, 0.4) is 0 Å². The first-order valence-electron chi connectivity index (χ1n) is 5.43. The van der Waals surface area contributed by atoms with Crippen molar-refractivity contribution in [3.8, 4) is 0 Å². The summed E-state index contributed by atoms with van der Waals surface area (Å²) in [7, 11) is 18.8. The van der Waals surface area contributed by atoms with Crippen LogP contribution in [-0.2, 0) is 0 Å². The zero-order valence-corrected chi connectivity index (χ0v) is 15.0. The summed E-state index contributed by atoms with van der Waals surface area (Å²) in [5, 5.41) is 0.521. The van der Waals surface area contributed by atoms with Gasteiger partial charge in [-0.05, 0) is 0 Å². The molecule has 0 saturated heterocycles. The van der Waals surface area contributed by atoms with Crippen LogP contribution in [0.4, 0.5) is 0 Å². The molecule has 0 spiro atoms. The van der Waals surface area contributed by atoms with Crippen molar-refractivity contribution in [3.63, 3.8) is 0 Å². The van der Waals surface area contributed by atoms with Gasteiger partial charge in [-0.1, -0.05) is 0 Å². The fourth-order valence-corrected chi connectivity index (χ4v) is 8.89. The van der Waals surface area contributed by atoms with Crippen molar-refractivity contribution in [2.45, 2.75) is 0 Å². The monoisotopic (exact) mass is 448 g/mol. The Kier molecular flexibility index (Phi) is 5.49. The van der Waals surface area contributed by atoms with E-state index in [2.05, 4.69) is 0 Å². The van der Waals surface area contributed by atoms with E-state index in [-0.39, 0.29) is 0 Å². The molecule has 0 unspecified atom stereocenters. The van der Waals surface area contributed by atoms with Gasteiger partial charge in [0.1, 0.15) is 0 Å². The molecule has 0 heterocycles. The van der Waals surface area contributed by atoms with E-state index in [1.807, 2.05) is 60.7 Å². The van der Waals surface area contributed by atoms with E-state index in [4.69, 9.17) is 38.5 Å². The number of benzene rings is 2. The van der Waals surface area contributed by atoms with E-state index in [9.17, 15) is 0 Å². The van der Waals surface area contributed by atoms with Gasteiger partial charge in [0.25, 0.3) is 0 Å². The fourth-order valence-electron chi connectivity index (χ4n) is 1.67. The zero-order chi connectivity index (χ0) is 13.9. The molecule has 0 atom stereocenters. The van der Waals surface area contributed by atoms with Crippen molar-refractivity contribution in [1.82, 2.24) is 0 Å². The van der Waals surface area contributed by atoms with Crippen LogP contribution < -0.4 is 0 Å². The van der Waals surface area contributed by atoms with Crippen LogP contribution in [0, 0.1) is 0 Å². The van der Waals surface area contributed by atoms with Crippen LogP contribution in [-0.4, -0.2) is 14.8 Å². The minimum absolute atomic E-state index is 0.521. The first-order valence-corrected chi connectivity index (χ1v) is 15.8. The summed E-state index contributed by atoms with van der Waals surface area (Å²) >= 11 is 2.80. The SMILES string of the molecule is ClC(=C(c1ccccc1)[Te](Cl)(Cl)Cl)c1ccccc1. The zero-order valence-electron chi connectivity index (χ0n) is 9.69. The molecular weight excluding hydrogens is 438 g/mol. The predicted octanol–water partition coefficient (Wildman–Crippen LogP) is 5.99. The summed E-state index contributed by atoms with van der Waals surface area (Å²) in [6.45, 7) is 0. The second-order valence-corrected chi connectivity index (χ2v) is 20.1. The van der Waals surface area contributed by atoms with Crippen molar-refractivity contribution in [3.05, 3.63) is 71.8 Å². The Balaban J connectivity index is 2.63. The topological polar surface area (TPSA) is 0 Å². The fraction of sp³-hybridized carbons (Fsp3) is 0. The number of hydrogen-bond donors (Lipinski definition) is 0. The maximum absolute atomic E-state index is 6.47. The Morgan fingerprint density at radius 1 is 0.684 bits per heavy atom. The number of halogens is 4. The van der Waals surface area contributed by atoms with Crippen molar-refractivity contribution in [1.29, 1.82) is 0 Å². The number of rotatable bonds is 3. The Morgan fingerprint density at radius 2 is 1.11 bits per heavy atom. The number of hydrogen-bond acceptors (Lipinski definition) is 0. The molecule has 2 aromatic carbocycles. The molecule has 0 radical (unpaired) electrons. The van der Waals surface area contributed by atoms with Crippen molar-refractivity contribution in [2.75, 3.05) is 0 Å². The van der Waals surface area contributed by atoms with E-state index in [1.165, 1.54) is 0 Å². The normalized spacial score (nSPS) is 13.9. The summed E-state index contributed by atoms with van der Waals surface area (Å²) in [4.78, 5) is 0. The molecule has 0 aliphatic rings. The van der Waals surface area contributed by atoms with Gasteiger partial charge < -0.3 is 0 Å². The van der Waals surface area contributed by atoms with Gasteiger partial charge in [-0.25, -0.2) is 0 Å². The second kappa shape index (κ2) is 6.72. The molecule has 0 nitrogen and oxygen atoms in total.